The van der Waals surface area contributed by atoms with E-state index in [0.717, 1.165) is 24.3 Å². The van der Waals surface area contributed by atoms with Gasteiger partial charge in [0.05, 0.1) is 0 Å². The van der Waals surface area contributed by atoms with E-state index in [9.17, 15) is 4.79 Å². The molecule has 0 aliphatic heterocycles. The topological polar surface area (TPSA) is 55.1 Å². The maximum Gasteiger partial charge on any atom is 0.251 e. The average Bonchev–Trinajstić information content (AvgIpc) is 2.49. The fourth-order valence-electron chi connectivity index (χ4n) is 3.09. The molecule has 2 rings (SSSR count). The largest absolute Gasteiger partial charge is 0.389 e. The first-order valence-electron chi connectivity index (χ1n) is 7.81. The molecule has 114 valence electrons. The predicted octanol–water partition coefficient (Wildman–Crippen LogP) is 3.41. The molecule has 0 saturated heterocycles. The number of hydrogen-bond donors (Lipinski definition) is 2. The van der Waals surface area contributed by atoms with Gasteiger partial charge in [0.2, 0.25) is 0 Å². The molecule has 3 nitrogen and oxygen atoms in total. The van der Waals surface area contributed by atoms with Crippen LogP contribution < -0.4 is 11.1 Å². The van der Waals surface area contributed by atoms with E-state index in [1.165, 1.54) is 25.7 Å². The summed E-state index contributed by atoms with van der Waals surface area (Å²) in [6, 6.07) is 7.52. The summed E-state index contributed by atoms with van der Waals surface area (Å²) in [6.07, 6.45) is 7.21. The van der Waals surface area contributed by atoms with Gasteiger partial charge in [0.25, 0.3) is 5.91 Å². The average molecular weight is 304 g/mol. The summed E-state index contributed by atoms with van der Waals surface area (Å²) >= 11 is 4.95. The van der Waals surface area contributed by atoms with Gasteiger partial charge in [-0.15, -0.1) is 0 Å². The molecule has 0 aromatic heterocycles. The molecule has 1 aliphatic rings. The van der Waals surface area contributed by atoms with E-state index in [2.05, 4.69) is 12.2 Å². The molecule has 1 saturated carbocycles. The number of thiocarbonyl (C=S) groups is 1. The first kappa shape index (κ1) is 16.0. The van der Waals surface area contributed by atoms with E-state index in [4.69, 9.17) is 18.0 Å². The fraction of sp³-hybridized carbons (Fsp3) is 0.529. The van der Waals surface area contributed by atoms with Crippen LogP contribution in [-0.2, 0) is 0 Å². The molecule has 0 spiro atoms. The smallest absolute Gasteiger partial charge is 0.251 e. The number of nitrogens with one attached hydrogen (secondary N) is 1. The molecule has 1 amide bonds. The van der Waals surface area contributed by atoms with Crippen molar-refractivity contribution >= 4 is 23.1 Å². The van der Waals surface area contributed by atoms with Gasteiger partial charge < -0.3 is 11.1 Å². The number of nitrogens with two attached hydrogens (primary N) is 1. The normalized spacial score (nSPS) is 21.8. The zero-order valence-electron chi connectivity index (χ0n) is 12.6. The number of rotatable bonds is 5. The van der Waals surface area contributed by atoms with Crippen molar-refractivity contribution < 1.29 is 4.79 Å². The Labute approximate surface area is 132 Å². The van der Waals surface area contributed by atoms with Gasteiger partial charge >= 0.3 is 0 Å². The number of amides is 1. The van der Waals surface area contributed by atoms with Gasteiger partial charge in [-0.2, -0.15) is 0 Å². The number of carbonyl (C=O) groups excluding carboxylic acids is 1. The fourth-order valence-corrected chi connectivity index (χ4v) is 3.21. The van der Waals surface area contributed by atoms with Crippen molar-refractivity contribution in [2.75, 3.05) is 0 Å². The second-order valence-electron chi connectivity index (χ2n) is 5.92. The van der Waals surface area contributed by atoms with Gasteiger partial charge in [0.15, 0.2) is 0 Å². The Kier molecular flexibility index (Phi) is 5.74. The third kappa shape index (κ3) is 4.53. The van der Waals surface area contributed by atoms with E-state index in [-0.39, 0.29) is 5.91 Å². The maximum absolute atomic E-state index is 12.3. The molecular formula is C17H24N2OS. The van der Waals surface area contributed by atoms with Gasteiger partial charge in [-0.1, -0.05) is 44.1 Å². The molecular weight excluding hydrogens is 280 g/mol. The highest BCUT2D eigenvalue weighted by Gasteiger charge is 2.22. The van der Waals surface area contributed by atoms with E-state index >= 15 is 0 Å². The Hall–Kier alpha value is -1.42. The molecule has 3 N–H and O–H groups in total. The second kappa shape index (κ2) is 7.55. The van der Waals surface area contributed by atoms with Crippen molar-refractivity contribution in [1.29, 1.82) is 0 Å². The van der Waals surface area contributed by atoms with Crippen LogP contribution in [-0.4, -0.2) is 16.9 Å². The van der Waals surface area contributed by atoms with Crippen LogP contribution in [0.15, 0.2) is 24.3 Å². The highest BCUT2D eigenvalue weighted by atomic mass is 32.1. The van der Waals surface area contributed by atoms with Crippen LogP contribution in [0.2, 0.25) is 0 Å². The van der Waals surface area contributed by atoms with Crippen molar-refractivity contribution in [2.45, 2.75) is 51.5 Å². The lowest BCUT2D eigenvalue weighted by atomic mass is 9.83. The predicted molar refractivity (Wildman–Crippen MR) is 90.4 cm³/mol. The first-order valence-corrected chi connectivity index (χ1v) is 8.21. The van der Waals surface area contributed by atoms with Crippen LogP contribution in [0.4, 0.5) is 0 Å². The van der Waals surface area contributed by atoms with Crippen LogP contribution in [0.3, 0.4) is 0 Å². The van der Waals surface area contributed by atoms with E-state index in [1.54, 1.807) is 12.1 Å². The Morgan fingerprint density at radius 1 is 1.29 bits per heavy atom. The Balaban J connectivity index is 1.90. The standard InChI is InChI=1S/C17H24N2OS/c1-2-4-12-7-9-15(10-8-12)19-17(20)14-6-3-5-13(11-14)16(18)21/h3,5-6,11-12,15H,2,4,7-10H2,1H3,(H2,18,21)(H,19,20). The third-order valence-electron chi connectivity index (χ3n) is 4.29. The van der Waals surface area contributed by atoms with Crippen LogP contribution in [0.5, 0.6) is 0 Å². The Morgan fingerprint density at radius 3 is 2.57 bits per heavy atom. The van der Waals surface area contributed by atoms with Crippen molar-refractivity contribution in [1.82, 2.24) is 5.32 Å². The number of carbonyl (C=O) groups is 1. The molecule has 1 fully saturated rings. The summed E-state index contributed by atoms with van der Waals surface area (Å²) in [5, 5.41) is 3.14. The Morgan fingerprint density at radius 2 is 1.95 bits per heavy atom. The summed E-state index contributed by atoms with van der Waals surface area (Å²) in [5.41, 5.74) is 6.99. The van der Waals surface area contributed by atoms with Crippen LogP contribution in [0.1, 0.15) is 61.4 Å². The van der Waals surface area contributed by atoms with E-state index in [0.29, 0.717) is 16.6 Å². The molecule has 0 radical (unpaired) electrons. The highest BCUT2D eigenvalue weighted by molar-refractivity contribution is 7.80. The molecule has 0 bridgehead atoms. The molecule has 0 unspecified atom stereocenters. The molecule has 4 heteroatoms. The minimum atomic E-state index is -0.0213. The maximum atomic E-state index is 12.3. The summed E-state index contributed by atoms with van der Waals surface area (Å²) < 4.78 is 0. The quantitative estimate of drug-likeness (QED) is 0.820. The van der Waals surface area contributed by atoms with E-state index in [1.807, 2.05) is 12.1 Å². The second-order valence-corrected chi connectivity index (χ2v) is 6.36. The minimum Gasteiger partial charge on any atom is -0.389 e. The summed E-state index contributed by atoms with van der Waals surface area (Å²) in [6.45, 7) is 2.24. The lowest BCUT2D eigenvalue weighted by Crippen LogP contribution is -2.37. The van der Waals surface area contributed by atoms with Crippen molar-refractivity contribution in [2.24, 2.45) is 11.7 Å². The first-order chi connectivity index (χ1) is 10.1. The van der Waals surface area contributed by atoms with Crippen molar-refractivity contribution in [3.63, 3.8) is 0 Å². The van der Waals surface area contributed by atoms with Crippen molar-refractivity contribution in [3.05, 3.63) is 35.4 Å². The lowest BCUT2D eigenvalue weighted by Gasteiger charge is -2.29. The zero-order valence-corrected chi connectivity index (χ0v) is 13.4. The molecule has 0 atom stereocenters. The highest BCUT2D eigenvalue weighted by Crippen LogP contribution is 2.27. The number of hydrogen-bond acceptors (Lipinski definition) is 2. The molecule has 1 aromatic carbocycles. The van der Waals surface area contributed by atoms with Gasteiger partial charge in [-0.25, -0.2) is 0 Å². The minimum absolute atomic E-state index is 0.0213. The Bertz CT molecular complexity index is 507. The van der Waals surface area contributed by atoms with E-state index < -0.39 is 0 Å². The summed E-state index contributed by atoms with van der Waals surface area (Å²) in [5.74, 6) is 0.827. The van der Waals surface area contributed by atoms with Gasteiger partial charge in [0, 0.05) is 17.2 Å². The lowest BCUT2D eigenvalue weighted by molar-refractivity contribution is 0.0921. The van der Waals surface area contributed by atoms with Gasteiger partial charge in [-0.05, 0) is 43.7 Å². The molecule has 1 aliphatic carbocycles. The zero-order chi connectivity index (χ0) is 15.2. The molecule has 21 heavy (non-hydrogen) atoms. The summed E-state index contributed by atoms with van der Waals surface area (Å²) in [4.78, 5) is 12.6. The van der Waals surface area contributed by atoms with Crippen LogP contribution >= 0.6 is 12.2 Å². The molecule has 1 aromatic rings. The molecule has 0 heterocycles. The third-order valence-corrected chi connectivity index (χ3v) is 4.52. The van der Waals surface area contributed by atoms with Crippen LogP contribution in [0.25, 0.3) is 0 Å². The van der Waals surface area contributed by atoms with Gasteiger partial charge in [-0.3, -0.25) is 4.79 Å². The number of benzene rings is 1. The summed E-state index contributed by atoms with van der Waals surface area (Å²) in [7, 11) is 0. The van der Waals surface area contributed by atoms with Crippen LogP contribution in [0, 0.1) is 5.92 Å². The monoisotopic (exact) mass is 304 g/mol. The van der Waals surface area contributed by atoms with Crippen molar-refractivity contribution in [3.8, 4) is 0 Å². The van der Waals surface area contributed by atoms with Gasteiger partial charge in [0.1, 0.15) is 4.99 Å². The SMILES string of the molecule is CCCC1CCC(NC(=O)c2cccc(C(N)=S)c2)CC1.